The van der Waals surface area contributed by atoms with Crippen molar-refractivity contribution in [1.82, 2.24) is 0 Å². The second-order valence-electron chi connectivity index (χ2n) is 4.04. The van der Waals surface area contributed by atoms with Crippen LogP contribution in [0.3, 0.4) is 0 Å². The zero-order valence-corrected chi connectivity index (χ0v) is 9.71. The largest absolute Gasteiger partial charge is 0.417 e. The van der Waals surface area contributed by atoms with Crippen LogP contribution in [0, 0.1) is 5.82 Å². The van der Waals surface area contributed by atoms with Crippen molar-refractivity contribution in [1.29, 1.82) is 0 Å². The summed E-state index contributed by atoms with van der Waals surface area (Å²) in [5.41, 5.74) is -0.424. The molecule has 0 unspecified atom stereocenters. The minimum absolute atomic E-state index is 0.0373. The predicted molar refractivity (Wildman–Crippen MR) is 62.8 cm³/mol. The maximum atomic E-state index is 13.0. The van der Waals surface area contributed by atoms with Crippen LogP contribution in [0.25, 0.3) is 11.1 Å². The molecule has 2 aromatic carbocycles. The highest BCUT2D eigenvalue weighted by molar-refractivity contribution is 5.68. The third kappa shape index (κ3) is 2.93. The molecule has 0 saturated heterocycles. The highest BCUT2D eigenvalue weighted by Gasteiger charge is 2.33. The fraction of sp³-hybridized carbons (Fsp3) is 0.143. The van der Waals surface area contributed by atoms with Gasteiger partial charge in [0, 0.05) is 0 Å². The predicted octanol–water partition coefficient (Wildman–Crippen LogP) is 4.00. The topological polar surface area (TPSA) is 20.2 Å². The molecule has 0 fully saturated rings. The van der Waals surface area contributed by atoms with E-state index < -0.39 is 24.2 Å². The Labute approximate surface area is 107 Å². The number of benzene rings is 2. The van der Waals surface area contributed by atoms with Crippen LogP contribution in [0.15, 0.2) is 42.5 Å². The molecule has 19 heavy (non-hydrogen) atoms. The Hall–Kier alpha value is -1.88. The monoisotopic (exact) mass is 270 g/mol. The summed E-state index contributed by atoms with van der Waals surface area (Å²) >= 11 is 0. The van der Waals surface area contributed by atoms with Crippen molar-refractivity contribution in [2.24, 2.45) is 0 Å². The van der Waals surface area contributed by atoms with Gasteiger partial charge in [-0.05, 0) is 34.9 Å². The maximum absolute atomic E-state index is 13.0. The van der Waals surface area contributed by atoms with E-state index in [2.05, 4.69) is 0 Å². The lowest BCUT2D eigenvalue weighted by Crippen LogP contribution is -2.08. The van der Waals surface area contributed by atoms with Crippen molar-refractivity contribution >= 4 is 0 Å². The molecule has 1 N–H and O–H groups in total. The van der Waals surface area contributed by atoms with E-state index in [0.29, 0.717) is 0 Å². The minimum atomic E-state index is -4.53. The van der Waals surface area contributed by atoms with Crippen LogP contribution in [-0.2, 0) is 12.8 Å². The Balaban J connectivity index is 2.59. The van der Waals surface area contributed by atoms with Crippen LogP contribution in [0.2, 0.25) is 0 Å². The van der Waals surface area contributed by atoms with Gasteiger partial charge in [-0.1, -0.05) is 24.3 Å². The molecule has 0 radical (unpaired) electrons. The van der Waals surface area contributed by atoms with Crippen molar-refractivity contribution < 1.29 is 22.7 Å². The number of hydrogen-bond donors (Lipinski definition) is 1. The Kier molecular flexibility index (Phi) is 3.57. The van der Waals surface area contributed by atoms with Gasteiger partial charge in [0.15, 0.2) is 0 Å². The van der Waals surface area contributed by atoms with Gasteiger partial charge in [0.2, 0.25) is 0 Å². The first-order valence-electron chi connectivity index (χ1n) is 5.49. The van der Waals surface area contributed by atoms with Gasteiger partial charge in [-0.2, -0.15) is 13.2 Å². The van der Waals surface area contributed by atoms with E-state index in [1.165, 1.54) is 24.3 Å². The van der Waals surface area contributed by atoms with Gasteiger partial charge >= 0.3 is 6.18 Å². The molecule has 0 atom stereocenters. The molecule has 0 aliphatic carbocycles. The quantitative estimate of drug-likeness (QED) is 0.818. The summed E-state index contributed by atoms with van der Waals surface area (Å²) in [6.45, 7) is -0.465. The zero-order chi connectivity index (χ0) is 14.0. The first-order valence-corrected chi connectivity index (χ1v) is 5.49. The van der Waals surface area contributed by atoms with Crippen LogP contribution >= 0.6 is 0 Å². The van der Waals surface area contributed by atoms with Gasteiger partial charge in [-0.25, -0.2) is 4.39 Å². The zero-order valence-electron chi connectivity index (χ0n) is 9.71. The van der Waals surface area contributed by atoms with Crippen molar-refractivity contribution in [3.63, 3.8) is 0 Å². The van der Waals surface area contributed by atoms with Gasteiger partial charge in [-0.15, -0.1) is 0 Å². The van der Waals surface area contributed by atoms with E-state index in [9.17, 15) is 17.6 Å². The third-order valence-electron chi connectivity index (χ3n) is 2.73. The number of aliphatic hydroxyl groups is 1. The normalized spacial score (nSPS) is 11.6. The highest BCUT2D eigenvalue weighted by Crippen LogP contribution is 2.37. The van der Waals surface area contributed by atoms with Crippen molar-refractivity contribution in [3.8, 4) is 11.1 Å². The average Bonchev–Trinajstić information content (AvgIpc) is 2.38. The third-order valence-corrected chi connectivity index (χ3v) is 2.73. The number of hydrogen-bond acceptors (Lipinski definition) is 1. The van der Waals surface area contributed by atoms with E-state index in [1.54, 1.807) is 0 Å². The molecule has 0 bridgehead atoms. The first kappa shape index (κ1) is 13.5. The number of halogens is 4. The Morgan fingerprint density at radius 3 is 2.11 bits per heavy atom. The van der Waals surface area contributed by atoms with E-state index in [-0.39, 0.29) is 16.7 Å². The molecule has 0 amide bonds. The average molecular weight is 270 g/mol. The molecule has 2 aromatic rings. The van der Waals surface area contributed by atoms with E-state index in [1.807, 2.05) is 0 Å². The maximum Gasteiger partial charge on any atom is 0.417 e. The molecule has 0 aromatic heterocycles. The van der Waals surface area contributed by atoms with Crippen LogP contribution < -0.4 is 0 Å². The van der Waals surface area contributed by atoms with Crippen LogP contribution in [0.5, 0.6) is 0 Å². The smallest absolute Gasteiger partial charge is 0.392 e. The summed E-state index contributed by atoms with van der Waals surface area (Å²) in [6.07, 6.45) is -4.53. The Morgan fingerprint density at radius 1 is 0.947 bits per heavy atom. The van der Waals surface area contributed by atoms with Gasteiger partial charge in [0.25, 0.3) is 0 Å². The summed E-state index contributed by atoms with van der Waals surface area (Å²) in [5, 5.41) is 8.91. The van der Waals surface area contributed by atoms with Crippen LogP contribution in [0.4, 0.5) is 17.6 Å². The summed E-state index contributed by atoms with van der Waals surface area (Å²) in [6, 6.07) is 8.39. The molecule has 5 heteroatoms. The second kappa shape index (κ2) is 5.01. The second-order valence-corrected chi connectivity index (χ2v) is 4.04. The lowest BCUT2D eigenvalue weighted by molar-refractivity contribution is -0.137. The standard InChI is InChI=1S/C14H10F4O/c15-11-4-2-10(3-5-11)12-6-1-9(8-19)7-13(12)14(16,17)18/h1-7,19H,8H2. The van der Waals surface area contributed by atoms with E-state index in [4.69, 9.17) is 5.11 Å². The van der Waals surface area contributed by atoms with Gasteiger partial charge in [0.05, 0.1) is 12.2 Å². The fourth-order valence-corrected chi connectivity index (χ4v) is 1.81. The first-order chi connectivity index (χ1) is 8.91. The highest BCUT2D eigenvalue weighted by atomic mass is 19.4. The molecular formula is C14H10F4O. The van der Waals surface area contributed by atoms with Gasteiger partial charge in [0.1, 0.15) is 5.82 Å². The summed E-state index contributed by atoms with van der Waals surface area (Å²) in [4.78, 5) is 0. The molecule has 0 aliphatic heterocycles. The number of rotatable bonds is 2. The Bertz CT molecular complexity index is 573. The number of aliphatic hydroxyl groups excluding tert-OH is 1. The summed E-state index contributed by atoms with van der Waals surface area (Å²) < 4.78 is 51.7. The summed E-state index contributed by atoms with van der Waals surface area (Å²) in [7, 11) is 0. The van der Waals surface area contributed by atoms with Crippen LogP contribution in [-0.4, -0.2) is 5.11 Å². The van der Waals surface area contributed by atoms with Gasteiger partial charge < -0.3 is 5.11 Å². The van der Waals surface area contributed by atoms with E-state index >= 15 is 0 Å². The minimum Gasteiger partial charge on any atom is -0.392 e. The SMILES string of the molecule is OCc1ccc(-c2ccc(F)cc2)c(C(F)(F)F)c1. The molecular weight excluding hydrogens is 260 g/mol. The Morgan fingerprint density at radius 2 is 1.58 bits per heavy atom. The van der Waals surface area contributed by atoms with E-state index in [0.717, 1.165) is 18.2 Å². The van der Waals surface area contributed by atoms with Crippen molar-refractivity contribution in [3.05, 3.63) is 59.4 Å². The lowest BCUT2D eigenvalue weighted by atomic mass is 9.97. The van der Waals surface area contributed by atoms with Gasteiger partial charge in [-0.3, -0.25) is 0 Å². The molecule has 100 valence electrons. The summed E-state index contributed by atoms with van der Waals surface area (Å²) in [5.74, 6) is -0.510. The number of alkyl halides is 3. The molecule has 1 nitrogen and oxygen atoms in total. The van der Waals surface area contributed by atoms with Crippen molar-refractivity contribution in [2.45, 2.75) is 12.8 Å². The van der Waals surface area contributed by atoms with Crippen molar-refractivity contribution in [2.75, 3.05) is 0 Å². The molecule has 0 aliphatic rings. The van der Waals surface area contributed by atoms with Crippen LogP contribution in [0.1, 0.15) is 11.1 Å². The lowest BCUT2D eigenvalue weighted by Gasteiger charge is -2.14. The fourth-order valence-electron chi connectivity index (χ4n) is 1.81. The molecule has 0 spiro atoms. The molecule has 2 rings (SSSR count). The molecule has 0 saturated carbocycles. The molecule has 0 heterocycles.